The number of alkyl carbamates (subject to hydrolysis) is 1. The van der Waals surface area contributed by atoms with E-state index in [9.17, 15) is 19.2 Å². The van der Waals surface area contributed by atoms with Crippen LogP contribution in [0, 0.1) is 5.41 Å². The minimum absolute atomic E-state index is 0.0905. The maximum absolute atomic E-state index is 12.5. The van der Waals surface area contributed by atoms with Crippen molar-refractivity contribution in [3.8, 4) is 0 Å². The van der Waals surface area contributed by atoms with Gasteiger partial charge in [-0.25, -0.2) is 14.6 Å². The molecule has 0 aromatic rings. The molecular weight excluding hydrogens is 472 g/mol. The fourth-order valence-corrected chi connectivity index (χ4v) is 3.39. The van der Waals surface area contributed by atoms with Gasteiger partial charge in [-0.3, -0.25) is 14.9 Å². The molecule has 0 aromatic heterocycles. The Balaban J connectivity index is 3.08. The first-order chi connectivity index (χ1) is 16.8. The minimum atomic E-state index is -0.990. The highest BCUT2D eigenvalue weighted by Gasteiger charge is 2.38. The number of carbonyl (C=O) groups is 4. The van der Waals surface area contributed by atoms with Gasteiger partial charge < -0.3 is 30.0 Å². The van der Waals surface area contributed by atoms with Gasteiger partial charge in [-0.1, -0.05) is 13.8 Å². The quantitative estimate of drug-likeness (QED) is 0.171. The van der Waals surface area contributed by atoms with Crippen molar-refractivity contribution < 1.29 is 38.1 Å². The predicted octanol–water partition coefficient (Wildman–Crippen LogP) is 1.91. The van der Waals surface area contributed by atoms with E-state index in [4.69, 9.17) is 24.7 Å². The molecule has 0 bridgehead atoms. The third kappa shape index (κ3) is 10.2. The van der Waals surface area contributed by atoms with Gasteiger partial charge in [0.15, 0.2) is 5.96 Å². The van der Waals surface area contributed by atoms with Crippen LogP contribution >= 0.6 is 0 Å². The first kappa shape index (κ1) is 30.9. The Hall–Kier alpha value is -3.15. The van der Waals surface area contributed by atoms with Crippen LogP contribution in [0.2, 0.25) is 0 Å². The molecule has 204 valence electrons. The number of ether oxygens (including phenoxy) is 4. The zero-order chi connectivity index (χ0) is 27.5. The summed E-state index contributed by atoms with van der Waals surface area (Å²) in [5, 5.41) is 5.07. The Morgan fingerprint density at radius 1 is 1.11 bits per heavy atom. The average molecular weight is 513 g/mol. The molecule has 2 amide bonds. The van der Waals surface area contributed by atoms with E-state index in [0.29, 0.717) is 5.57 Å². The number of nitrogens with one attached hydrogen (secondary N) is 2. The molecule has 4 N–H and O–H groups in total. The van der Waals surface area contributed by atoms with E-state index in [1.54, 1.807) is 33.8 Å². The van der Waals surface area contributed by atoms with Crippen LogP contribution in [0.1, 0.15) is 67.7 Å². The van der Waals surface area contributed by atoms with Crippen LogP contribution in [0.5, 0.6) is 0 Å². The van der Waals surface area contributed by atoms with E-state index in [1.807, 2.05) is 13.8 Å². The fraction of sp³-hybridized carbons (Fsp3) is 0.708. The topological polar surface area (TPSA) is 168 Å². The molecule has 1 aliphatic carbocycles. The Morgan fingerprint density at radius 2 is 1.75 bits per heavy atom. The van der Waals surface area contributed by atoms with Gasteiger partial charge in [-0.2, -0.15) is 0 Å². The number of nitrogens with zero attached hydrogens (tertiary/aromatic N) is 1. The third-order valence-corrected chi connectivity index (χ3v) is 5.26. The molecular formula is C24H40N4O8. The molecule has 0 fully saturated rings. The lowest BCUT2D eigenvalue weighted by Gasteiger charge is -2.36. The highest BCUT2D eigenvalue weighted by atomic mass is 16.7. The van der Waals surface area contributed by atoms with Crippen LogP contribution in [-0.4, -0.2) is 67.6 Å². The van der Waals surface area contributed by atoms with Crippen molar-refractivity contribution >= 4 is 29.9 Å². The average Bonchev–Trinajstić information content (AvgIpc) is 2.78. The van der Waals surface area contributed by atoms with Crippen molar-refractivity contribution in [2.24, 2.45) is 16.1 Å². The van der Waals surface area contributed by atoms with Crippen LogP contribution in [-0.2, 0) is 33.3 Å². The van der Waals surface area contributed by atoms with E-state index in [0.717, 1.165) is 12.8 Å². The Kier molecular flexibility index (Phi) is 12.4. The molecule has 1 unspecified atom stereocenters. The smallest absolute Gasteiger partial charge is 0.416 e. The lowest BCUT2D eigenvalue weighted by atomic mass is 9.88. The molecule has 0 radical (unpaired) electrons. The van der Waals surface area contributed by atoms with Crippen molar-refractivity contribution in [3.63, 3.8) is 0 Å². The number of hydrogen-bond donors (Lipinski definition) is 3. The molecule has 1 aliphatic rings. The Labute approximate surface area is 212 Å². The van der Waals surface area contributed by atoms with E-state index in [-0.39, 0.29) is 31.0 Å². The van der Waals surface area contributed by atoms with Gasteiger partial charge in [0.25, 0.3) is 0 Å². The molecule has 0 aromatic carbocycles. The van der Waals surface area contributed by atoms with Gasteiger partial charge in [-0.05, 0) is 46.6 Å². The monoisotopic (exact) mass is 512 g/mol. The van der Waals surface area contributed by atoms with Crippen LogP contribution in [0.25, 0.3) is 0 Å². The SMILES string of the molecule is CCOC(=O)C1=C[C@@H](OC(CC)CC)C(NC(C)=O)[C@@H](N=C(N)NC(=O)OCOC(=O)C(C)(C)C)C1. The molecule has 0 heterocycles. The zero-order valence-electron chi connectivity index (χ0n) is 22.2. The standard InChI is InChI=1S/C24H40N4O8/c1-8-16(9-2)36-18-12-15(20(30)33-10-3)11-17(19(18)26-14(4)29)27-22(25)28-23(32)35-13-34-21(31)24(5,6)7/h12,16-19H,8-11,13H2,1-7H3,(H,26,29)(H3,25,27,28,32)/t17-,18+,19?/m0/s1. The van der Waals surface area contributed by atoms with Gasteiger partial charge in [0.1, 0.15) is 0 Å². The molecule has 12 nitrogen and oxygen atoms in total. The van der Waals surface area contributed by atoms with Crippen molar-refractivity contribution in [1.29, 1.82) is 0 Å². The Morgan fingerprint density at radius 3 is 2.28 bits per heavy atom. The maximum Gasteiger partial charge on any atom is 0.416 e. The van der Waals surface area contributed by atoms with Crippen LogP contribution in [0.15, 0.2) is 16.6 Å². The van der Waals surface area contributed by atoms with E-state index < -0.39 is 48.4 Å². The normalized spacial score (nSPS) is 20.3. The fourth-order valence-electron chi connectivity index (χ4n) is 3.39. The zero-order valence-corrected chi connectivity index (χ0v) is 22.2. The summed E-state index contributed by atoms with van der Waals surface area (Å²) in [5.74, 6) is -1.70. The van der Waals surface area contributed by atoms with Crippen LogP contribution < -0.4 is 16.4 Å². The van der Waals surface area contributed by atoms with Crippen LogP contribution in [0.3, 0.4) is 0 Å². The van der Waals surface area contributed by atoms with Gasteiger partial charge in [-0.15, -0.1) is 0 Å². The first-order valence-electron chi connectivity index (χ1n) is 12.1. The molecule has 0 saturated heterocycles. The maximum atomic E-state index is 12.5. The summed E-state index contributed by atoms with van der Waals surface area (Å²) in [6, 6.07) is -1.41. The largest absolute Gasteiger partial charge is 0.463 e. The van der Waals surface area contributed by atoms with Gasteiger partial charge >= 0.3 is 18.0 Å². The minimum Gasteiger partial charge on any atom is -0.463 e. The number of guanidine groups is 1. The summed E-state index contributed by atoms with van der Waals surface area (Å²) in [6.07, 6.45) is 1.40. The van der Waals surface area contributed by atoms with Gasteiger partial charge in [0, 0.05) is 18.9 Å². The summed E-state index contributed by atoms with van der Waals surface area (Å²) in [6.45, 7) is 11.6. The van der Waals surface area contributed by atoms with E-state index in [1.165, 1.54) is 6.92 Å². The summed E-state index contributed by atoms with van der Waals surface area (Å²) in [5.41, 5.74) is 5.49. The summed E-state index contributed by atoms with van der Waals surface area (Å²) >= 11 is 0. The van der Waals surface area contributed by atoms with Crippen molar-refractivity contribution in [2.75, 3.05) is 13.4 Å². The molecule has 3 atom stereocenters. The number of amides is 2. The summed E-state index contributed by atoms with van der Waals surface area (Å²) in [7, 11) is 0. The van der Waals surface area contributed by atoms with E-state index in [2.05, 4.69) is 15.6 Å². The van der Waals surface area contributed by atoms with E-state index >= 15 is 0 Å². The first-order valence-corrected chi connectivity index (χ1v) is 12.1. The van der Waals surface area contributed by atoms with Crippen molar-refractivity contribution in [2.45, 2.75) is 92.0 Å². The number of hydrogen-bond acceptors (Lipinski definition) is 9. The number of nitrogens with two attached hydrogens (primary N) is 1. The lowest BCUT2D eigenvalue weighted by Crippen LogP contribution is -2.54. The molecule has 0 saturated carbocycles. The second-order valence-corrected chi connectivity index (χ2v) is 9.32. The molecule has 12 heteroatoms. The third-order valence-electron chi connectivity index (χ3n) is 5.26. The summed E-state index contributed by atoms with van der Waals surface area (Å²) in [4.78, 5) is 52.6. The number of rotatable bonds is 10. The second-order valence-electron chi connectivity index (χ2n) is 9.32. The lowest BCUT2D eigenvalue weighted by molar-refractivity contribution is -0.161. The van der Waals surface area contributed by atoms with Gasteiger partial charge in [0.05, 0.1) is 36.3 Å². The number of aliphatic imine (C=N–C) groups is 1. The predicted molar refractivity (Wildman–Crippen MR) is 132 cm³/mol. The highest BCUT2D eigenvalue weighted by molar-refractivity contribution is 5.93. The molecule has 0 spiro atoms. The second kappa shape index (κ2) is 14.4. The van der Waals surface area contributed by atoms with Gasteiger partial charge in [0.2, 0.25) is 12.7 Å². The van der Waals surface area contributed by atoms with Crippen LogP contribution in [0.4, 0.5) is 4.79 Å². The molecule has 1 rings (SSSR count). The van der Waals surface area contributed by atoms with Crippen molar-refractivity contribution in [3.05, 3.63) is 11.6 Å². The molecule has 0 aliphatic heterocycles. The Bertz CT molecular complexity index is 846. The summed E-state index contributed by atoms with van der Waals surface area (Å²) < 4.78 is 21.0. The number of carbonyl (C=O) groups excluding carboxylic acids is 4. The van der Waals surface area contributed by atoms with Crippen molar-refractivity contribution in [1.82, 2.24) is 10.6 Å². The molecule has 36 heavy (non-hydrogen) atoms. The highest BCUT2D eigenvalue weighted by Crippen LogP contribution is 2.27. The number of esters is 2.